The van der Waals surface area contributed by atoms with Crippen LogP contribution in [0.2, 0.25) is 0 Å². The number of nitrogens with zero attached hydrogens (tertiary/aromatic N) is 2. The molecular weight excluding hydrogens is 354 g/mol. The molecule has 6 nitrogen and oxygen atoms in total. The average molecular weight is 379 g/mol. The first-order valence-corrected chi connectivity index (χ1v) is 9.65. The van der Waals surface area contributed by atoms with Crippen LogP contribution in [0, 0.1) is 13.8 Å². The van der Waals surface area contributed by atoms with Crippen molar-refractivity contribution in [3.05, 3.63) is 59.2 Å². The van der Waals surface area contributed by atoms with Crippen molar-refractivity contribution >= 4 is 22.6 Å². The molecule has 2 aromatic heterocycles. The number of benzene rings is 1. The number of hydrogen-bond donors (Lipinski definition) is 1. The Kier molecular flexibility index (Phi) is 4.81. The maximum Gasteiger partial charge on any atom is 0.289 e. The van der Waals surface area contributed by atoms with Crippen LogP contribution in [0.3, 0.4) is 0 Å². The molecule has 1 saturated heterocycles. The minimum Gasteiger partial charge on any atom is -0.459 e. The van der Waals surface area contributed by atoms with E-state index in [0.717, 1.165) is 27.7 Å². The fourth-order valence-corrected chi connectivity index (χ4v) is 4.01. The van der Waals surface area contributed by atoms with Gasteiger partial charge in [0, 0.05) is 48.3 Å². The Bertz CT molecular complexity index is 1010. The minimum atomic E-state index is -0.236. The lowest BCUT2D eigenvalue weighted by Gasteiger charge is -2.37. The first kappa shape index (κ1) is 18.5. The summed E-state index contributed by atoms with van der Waals surface area (Å²) in [5.74, 6) is 0.396. The summed E-state index contributed by atoms with van der Waals surface area (Å²) in [6.45, 7) is 8.46. The molecule has 0 bridgehead atoms. The van der Waals surface area contributed by atoms with Crippen LogP contribution in [0.5, 0.6) is 0 Å². The highest BCUT2D eigenvalue weighted by Gasteiger charge is 2.30. The number of piperazine rings is 1. The lowest BCUT2D eigenvalue weighted by Crippen LogP contribution is -2.53. The molecule has 0 saturated carbocycles. The van der Waals surface area contributed by atoms with Crippen molar-refractivity contribution in [3.63, 3.8) is 0 Å². The highest BCUT2D eigenvalue weighted by Crippen LogP contribution is 2.26. The van der Waals surface area contributed by atoms with E-state index in [4.69, 9.17) is 4.42 Å². The van der Waals surface area contributed by atoms with Crippen LogP contribution >= 0.6 is 0 Å². The van der Waals surface area contributed by atoms with Gasteiger partial charge in [-0.05, 0) is 44.5 Å². The summed E-state index contributed by atoms with van der Waals surface area (Å²) in [6.07, 6.45) is 1.51. The third-order valence-corrected chi connectivity index (χ3v) is 5.65. The number of nitrogens with one attached hydrogen (secondary N) is 1. The van der Waals surface area contributed by atoms with E-state index in [1.165, 1.54) is 6.26 Å². The lowest BCUT2D eigenvalue weighted by molar-refractivity contribution is 0.0529. The molecule has 0 spiro atoms. The highest BCUT2D eigenvalue weighted by molar-refractivity contribution is 6.11. The third kappa shape index (κ3) is 3.24. The van der Waals surface area contributed by atoms with Gasteiger partial charge in [0.25, 0.3) is 5.91 Å². The van der Waals surface area contributed by atoms with E-state index in [2.05, 4.69) is 16.0 Å². The molecule has 1 atom stereocenters. The molecule has 28 heavy (non-hydrogen) atoms. The van der Waals surface area contributed by atoms with Gasteiger partial charge in [-0.3, -0.25) is 14.5 Å². The molecule has 4 rings (SSSR count). The first-order valence-electron chi connectivity index (χ1n) is 9.65. The van der Waals surface area contributed by atoms with Gasteiger partial charge in [-0.2, -0.15) is 0 Å². The van der Waals surface area contributed by atoms with Crippen molar-refractivity contribution in [1.29, 1.82) is 0 Å². The van der Waals surface area contributed by atoms with Crippen LogP contribution in [-0.4, -0.2) is 58.7 Å². The third-order valence-electron chi connectivity index (χ3n) is 5.65. The zero-order valence-corrected chi connectivity index (χ0v) is 16.5. The van der Waals surface area contributed by atoms with Gasteiger partial charge < -0.3 is 14.3 Å². The summed E-state index contributed by atoms with van der Waals surface area (Å²) in [6, 6.07) is 9.30. The first-order chi connectivity index (χ1) is 13.5. The van der Waals surface area contributed by atoms with Crippen LogP contribution in [0.4, 0.5) is 0 Å². The van der Waals surface area contributed by atoms with Crippen LogP contribution in [0.15, 0.2) is 41.0 Å². The van der Waals surface area contributed by atoms with E-state index in [1.807, 2.05) is 32.9 Å². The number of rotatable bonds is 4. The topological polar surface area (TPSA) is 69.6 Å². The van der Waals surface area contributed by atoms with Crippen molar-refractivity contribution in [2.75, 3.05) is 26.2 Å². The number of fused-ring (bicyclic) bond motifs is 1. The Morgan fingerprint density at radius 3 is 2.54 bits per heavy atom. The molecule has 0 aliphatic carbocycles. The molecule has 1 aliphatic rings. The SMILES string of the molecule is Cc1ccc2c(C(=O)[C@H](C)N3CCN(C(=O)c4ccco4)CC3)c(C)[nH]c2c1. The standard InChI is InChI=1S/C22H25N3O3/c1-14-6-7-17-18(13-14)23-15(2)20(17)21(26)16(3)24-8-10-25(11-9-24)22(27)19-5-4-12-28-19/h4-7,12-13,16,23H,8-11H2,1-3H3/t16-/m0/s1. The monoisotopic (exact) mass is 379 g/mol. The molecule has 0 unspecified atom stereocenters. The summed E-state index contributed by atoms with van der Waals surface area (Å²) in [7, 11) is 0. The Labute approximate surface area is 164 Å². The van der Waals surface area contributed by atoms with E-state index >= 15 is 0 Å². The second kappa shape index (κ2) is 7.28. The molecule has 1 fully saturated rings. The molecular formula is C22H25N3O3. The number of aromatic nitrogens is 1. The molecule has 3 aromatic rings. The van der Waals surface area contributed by atoms with Crippen molar-refractivity contribution in [3.8, 4) is 0 Å². The van der Waals surface area contributed by atoms with Gasteiger partial charge in [-0.1, -0.05) is 12.1 Å². The molecule has 0 radical (unpaired) electrons. The zero-order valence-electron chi connectivity index (χ0n) is 16.5. The molecule has 6 heteroatoms. The molecule has 3 heterocycles. The number of aryl methyl sites for hydroxylation is 2. The van der Waals surface area contributed by atoms with Gasteiger partial charge in [-0.15, -0.1) is 0 Å². The number of aromatic amines is 1. The van der Waals surface area contributed by atoms with Crippen molar-refractivity contribution in [2.45, 2.75) is 26.8 Å². The Balaban J connectivity index is 1.47. The van der Waals surface area contributed by atoms with Crippen LogP contribution in [0.25, 0.3) is 10.9 Å². The molecule has 1 aliphatic heterocycles. The van der Waals surface area contributed by atoms with Crippen LogP contribution < -0.4 is 0 Å². The highest BCUT2D eigenvalue weighted by atomic mass is 16.3. The summed E-state index contributed by atoms with van der Waals surface area (Å²) >= 11 is 0. The Hall–Kier alpha value is -2.86. The maximum absolute atomic E-state index is 13.3. The zero-order chi connectivity index (χ0) is 19.8. The molecule has 1 amide bonds. The number of carbonyl (C=O) groups is 2. The van der Waals surface area contributed by atoms with Crippen molar-refractivity contribution in [1.82, 2.24) is 14.8 Å². The fraction of sp³-hybridized carbons (Fsp3) is 0.364. The predicted molar refractivity (Wildman–Crippen MR) is 108 cm³/mol. The van der Waals surface area contributed by atoms with Crippen LogP contribution in [0.1, 0.15) is 39.1 Å². The van der Waals surface area contributed by atoms with E-state index in [1.54, 1.807) is 17.0 Å². The summed E-state index contributed by atoms with van der Waals surface area (Å²) in [5, 5.41) is 0.978. The van der Waals surface area contributed by atoms with Gasteiger partial charge in [0.2, 0.25) is 0 Å². The van der Waals surface area contributed by atoms with E-state index < -0.39 is 0 Å². The number of H-pyrrole nitrogens is 1. The Morgan fingerprint density at radius 1 is 1.11 bits per heavy atom. The molecule has 1 aromatic carbocycles. The molecule has 1 N–H and O–H groups in total. The van der Waals surface area contributed by atoms with E-state index in [0.29, 0.717) is 31.9 Å². The number of ketones is 1. The summed E-state index contributed by atoms with van der Waals surface area (Å²) < 4.78 is 5.21. The van der Waals surface area contributed by atoms with Gasteiger partial charge in [0.05, 0.1) is 12.3 Å². The smallest absolute Gasteiger partial charge is 0.289 e. The fourth-order valence-electron chi connectivity index (χ4n) is 4.01. The maximum atomic E-state index is 13.3. The predicted octanol–water partition coefficient (Wildman–Crippen LogP) is 3.41. The second-order valence-electron chi connectivity index (χ2n) is 7.52. The second-order valence-corrected chi connectivity index (χ2v) is 7.52. The minimum absolute atomic E-state index is 0.0912. The van der Waals surface area contributed by atoms with Crippen molar-refractivity contribution < 1.29 is 14.0 Å². The molecule has 146 valence electrons. The quantitative estimate of drug-likeness (QED) is 0.706. The van der Waals surface area contributed by atoms with Gasteiger partial charge >= 0.3 is 0 Å². The van der Waals surface area contributed by atoms with Gasteiger partial charge in [0.1, 0.15) is 0 Å². The van der Waals surface area contributed by atoms with Crippen LogP contribution in [-0.2, 0) is 0 Å². The average Bonchev–Trinajstić information content (AvgIpc) is 3.33. The summed E-state index contributed by atoms with van der Waals surface area (Å²) in [5.41, 5.74) is 3.85. The Morgan fingerprint density at radius 2 is 1.86 bits per heavy atom. The lowest BCUT2D eigenvalue weighted by atomic mass is 10.00. The van der Waals surface area contributed by atoms with E-state index in [-0.39, 0.29) is 17.7 Å². The number of amides is 1. The summed E-state index contributed by atoms with van der Waals surface area (Å²) in [4.78, 5) is 33.0. The number of furan rings is 1. The number of hydrogen-bond acceptors (Lipinski definition) is 4. The van der Waals surface area contributed by atoms with E-state index in [9.17, 15) is 9.59 Å². The number of Topliss-reactive ketones (excluding diaryl/α,β-unsaturated/α-hetero) is 1. The van der Waals surface area contributed by atoms with Gasteiger partial charge in [-0.25, -0.2) is 0 Å². The normalized spacial score (nSPS) is 16.5. The van der Waals surface area contributed by atoms with Crippen molar-refractivity contribution in [2.24, 2.45) is 0 Å². The van der Waals surface area contributed by atoms with Gasteiger partial charge in [0.15, 0.2) is 11.5 Å². The largest absolute Gasteiger partial charge is 0.459 e. The number of carbonyl (C=O) groups excluding carboxylic acids is 2.